The Morgan fingerprint density at radius 1 is 1.25 bits per heavy atom. The van der Waals surface area contributed by atoms with E-state index in [4.69, 9.17) is 4.74 Å². The van der Waals surface area contributed by atoms with Gasteiger partial charge in [-0.05, 0) is 43.4 Å². The molecule has 2 heterocycles. The Bertz CT molecular complexity index is 808. The van der Waals surface area contributed by atoms with Crippen LogP contribution < -0.4 is 15.5 Å². The van der Waals surface area contributed by atoms with Crippen molar-refractivity contribution in [1.29, 1.82) is 0 Å². The highest BCUT2D eigenvalue weighted by Crippen LogP contribution is 2.28. The monoisotopic (exact) mass is 403 g/mol. The summed E-state index contributed by atoms with van der Waals surface area (Å²) in [5.41, 5.74) is 1.45. The standard InChI is InChI=1S/C19H25N5O3S/c1-3-27-16(25)11-14-6-8-15(9-7-14)20-17(26)21-18-22-23-19(28-18)24-10-4-5-13(2)12-24/h6-9,13H,3-5,10-12H2,1-2H3,(H2,20,21,22,26)/t13-/m1/s1. The molecule has 1 aliphatic rings. The second-order valence-electron chi connectivity index (χ2n) is 6.84. The number of amides is 2. The molecular formula is C19H25N5O3S. The number of carbonyl (C=O) groups is 2. The molecule has 1 saturated heterocycles. The zero-order valence-corrected chi connectivity index (χ0v) is 16.9. The highest BCUT2D eigenvalue weighted by Gasteiger charge is 2.20. The molecule has 0 aliphatic carbocycles. The predicted molar refractivity (Wildman–Crippen MR) is 110 cm³/mol. The lowest BCUT2D eigenvalue weighted by Crippen LogP contribution is -2.34. The fourth-order valence-electron chi connectivity index (χ4n) is 3.10. The van der Waals surface area contributed by atoms with E-state index >= 15 is 0 Å². The van der Waals surface area contributed by atoms with Gasteiger partial charge < -0.3 is 15.0 Å². The highest BCUT2D eigenvalue weighted by molar-refractivity contribution is 7.19. The molecule has 2 N–H and O–H groups in total. The van der Waals surface area contributed by atoms with Gasteiger partial charge >= 0.3 is 12.0 Å². The molecule has 0 unspecified atom stereocenters. The number of nitrogens with one attached hydrogen (secondary N) is 2. The Balaban J connectivity index is 1.51. The van der Waals surface area contributed by atoms with Crippen LogP contribution in [0.2, 0.25) is 0 Å². The molecule has 150 valence electrons. The molecular weight excluding hydrogens is 378 g/mol. The number of rotatable bonds is 6. The fourth-order valence-corrected chi connectivity index (χ4v) is 3.88. The van der Waals surface area contributed by atoms with E-state index in [1.807, 2.05) is 0 Å². The maximum Gasteiger partial charge on any atom is 0.325 e. The molecule has 0 radical (unpaired) electrons. The summed E-state index contributed by atoms with van der Waals surface area (Å²) < 4.78 is 4.92. The first-order valence-corrected chi connectivity index (χ1v) is 10.3. The van der Waals surface area contributed by atoms with Crippen molar-refractivity contribution in [2.45, 2.75) is 33.1 Å². The minimum absolute atomic E-state index is 0.211. The second-order valence-corrected chi connectivity index (χ2v) is 7.80. The van der Waals surface area contributed by atoms with Crippen LogP contribution in [0.25, 0.3) is 0 Å². The van der Waals surface area contributed by atoms with Gasteiger partial charge in [-0.15, -0.1) is 10.2 Å². The number of anilines is 3. The van der Waals surface area contributed by atoms with Gasteiger partial charge in [0.15, 0.2) is 0 Å². The summed E-state index contributed by atoms with van der Waals surface area (Å²) in [6.07, 6.45) is 2.60. The molecule has 8 nitrogen and oxygen atoms in total. The average molecular weight is 404 g/mol. The molecule has 0 saturated carbocycles. The van der Waals surface area contributed by atoms with Crippen molar-refractivity contribution < 1.29 is 14.3 Å². The topological polar surface area (TPSA) is 96.4 Å². The maximum absolute atomic E-state index is 12.2. The maximum atomic E-state index is 12.2. The molecule has 3 rings (SSSR count). The number of hydrogen-bond acceptors (Lipinski definition) is 7. The van der Waals surface area contributed by atoms with Crippen LogP contribution in [0.15, 0.2) is 24.3 Å². The molecule has 1 atom stereocenters. The van der Waals surface area contributed by atoms with Gasteiger partial charge in [-0.3, -0.25) is 10.1 Å². The Labute approximate surface area is 168 Å². The molecule has 9 heteroatoms. The van der Waals surface area contributed by atoms with Crippen LogP contribution in [0.5, 0.6) is 0 Å². The summed E-state index contributed by atoms with van der Waals surface area (Å²) in [5.74, 6) is 0.375. The van der Waals surface area contributed by atoms with Gasteiger partial charge in [0.2, 0.25) is 10.3 Å². The van der Waals surface area contributed by atoms with Gasteiger partial charge in [0.1, 0.15) is 0 Å². The zero-order chi connectivity index (χ0) is 19.9. The number of hydrogen-bond donors (Lipinski definition) is 2. The summed E-state index contributed by atoms with van der Waals surface area (Å²) in [6.45, 7) is 6.32. The van der Waals surface area contributed by atoms with Crippen molar-refractivity contribution >= 4 is 39.3 Å². The third-order valence-corrected chi connectivity index (χ3v) is 5.33. The molecule has 28 heavy (non-hydrogen) atoms. The van der Waals surface area contributed by atoms with E-state index < -0.39 is 0 Å². The van der Waals surface area contributed by atoms with Crippen molar-refractivity contribution in [2.24, 2.45) is 5.92 Å². The zero-order valence-electron chi connectivity index (χ0n) is 16.1. The van der Waals surface area contributed by atoms with Gasteiger partial charge in [0.05, 0.1) is 13.0 Å². The van der Waals surface area contributed by atoms with Crippen LogP contribution in [0.3, 0.4) is 0 Å². The molecule has 2 amide bonds. The van der Waals surface area contributed by atoms with Crippen molar-refractivity contribution in [2.75, 3.05) is 35.2 Å². The predicted octanol–water partition coefficient (Wildman–Crippen LogP) is 3.52. The Hall–Kier alpha value is -2.68. The van der Waals surface area contributed by atoms with E-state index in [9.17, 15) is 9.59 Å². The van der Waals surface area contributed by atoms with E-state index in [0.717, 1.165) is 30.2 Å². The summed E-state index contributed by atoms with van der Waals surface area (Å²) >= 11 is 1.37. The highest BCUT2D eigenvalue weighted by atomic mass is 32.1. The smallest absolute Gasteiger partial charge is 0.325 e. The van der Waals surface area contributed by atoms with Gasteiger partial charge in [-0.2, -0.15) is 0 Å². The Kier molecular flexibility index (Phi) is 6.80. The van der Waals surface area contributed by atoms with Gasteiger partial charge in [-0.1, -0.05) is 30.4 Å². The van der Waals surface area contributed by atoms with Crippen molar-refractivity contribution in [3.05, 3.63) is 29.8 Å². The average Bonchev–Trinajstić information content (AvgIpc) is 3.12. The summed E-state index contributed by atoms with van der Waals surface area (Å²) in [7, 11) is 0. The quantitative estimate of drug-likeness (QED) is 0.717. The second kappa shape index (κ2) is 9.50. The Morgan fingerprint density at radius 2 is 2.04 bits per heavy atom. The third kappa shape index (κ3) is 5.66. The number of aromatic nitrogens is 2. The normalized spacial score (nSPS) is 16.5. The molecule has 1 aromatic carbocycles. The van der Waals surface area contributed by atoms with Gasteiger partial charge in [-0.25, -0.2) is 4.79 Å². The number of carbonyl (C=O) groups excluding carboxylic acids is 2. The van der Waals surface area contributed by atoms with E-state index in [0.29, 0.717) is 23.3 Å². The number of nitrogens with zero attached hydrogens (tertiary/aromatic N) is 3. The fraction of sp³-hybridized carbons (Fsp3) is 0.474. The molecule has 1 aliphatic heterocycles. The van der Waals surface area contributed by atoms with Crippen LogP contribution in [0.4, 0.5) is 20.7 Å². The SMILES string of the molecule is CCOC(=O)Cc1ccc(NC(=O)Nc2nnc(N3CCC[C@@H](C)C3)s2)cc1. The van der Waals surface area contributed by atoms with Crippen molar-refractivity contribution in [3.8, 4) is 0 Å². The van der Waals surface area contributed by atoms with Crippen LogP contribution in [0, 0.1) is 5.92 Å². The molecule has 0 bridgehead atoms. The van der Waals surface area contributed by atoms with Crippen molar-refractivity contribution in [1.82, 2.24) is 10.2 Å². The largest absolute Gasteiger partial charge is 0.466 e. The molecule has 1 fully saturated rings. The number of urea groups is 1. The minimum atomic E-state index is -0.382. The van der Waals surface area contributed by atoms with Crippen molar-refractivity contribution in [3.63, 3.8) is 0 Å². The van der Waals surface area contributed by atoms with Crippen LogP contribution >= 0.6 is 11.3 Å². The van der Waals surface area contributed by atoms with E-state index in [1.165, 1.54) is 17.8 Å². The lowest BCUT2D eigenvalue weighted by atomic mass is 10.0. The number of piperidine rings is 1. The van der Waals surface area contributed by atoms with Crippen LogP contribution in [-0.2, 0) is 16.0 Å². The molecule has 1 aromatic heterocycles. The lowest BCUT2D eigenvalue weighted by molar-refractivity contribution is -0.142. The first-order chi connectivity index (χ1) is 13.5. The summed E-state index contributed by atoms with van der Waals surface area (Å²) in [5, 5.41) is 15.0. The Morgan fingerprint density at radius 3 is 2.75 bits per heavy atom. The molecule has 0 spiro atoms. The van der Waals surface area contributed by atoms with Crippen LogP contribution in [0.1, 0.15) is 32.3 Å². The van der Waals surface area contributed by atoms with Crippen LogP contribution in [-0.4, -0.2) is 41.9 Å². The number of esters is 1. The van der Waals surface area contributed by atoms with E-state index in [1.54, 1.807) is 31.2 Å². The minimum Gasteiger partial charge on any atom is -0.466 e. The number of benzene rings is 1. The summed E-state index contributed by atoms with van der Waals surface area (Å²) in [4.78, 5) is 25.9. The number of ether oxygens (including phenoxy) is 1. The first-order valence-electron chi connectivity index (χ1n) is 9.44. The lowest BCUT2D eigenvalue weighted by Gasteiger charge is -2.29. The molecule has 2 aromatic rings. The van der Waals surface area contributed by atoms with Gasteiger partial charge in [0.25, 0.3) is 0 Å². The van der Waals surface area contributed by atoms with E-state index in [2.05, 4.69) is 32.7 Å². The summed E-state index contributed by atoms with van der Waals surface area (Å²) in [6, 6.07) is 6.68. The third-order valence-electron chi connectivity index (χ3n) is 4.43. The van der Waals surface area contributed by atoms with E-state index in [-0.39, 0.29) is 18.4 Å². The van der Waals surface area contributed by atoms with Gasteiger partial charge in [0, 0.05) is 18.8 Å². The first kappa shape index (κ1) is 20.1.